The molecule has 0 bridgehead atoms. The van der Waals surface area contributed by atoms with Crippen LogP contribution in [0.1, 0.15) is 11.1 Å². The highest BCUT2D eigenvalue weighted by Crippen LogP contribution is 2.31. The first kappa shape index (κ1) is 21.2. The predicted molar refractivity (Wildman–Crippen MR) is 117 cm³/mol. The van der Waals surface area contributed by atoms with Crippen LogP contribution in [-0.2, 0) is 11.4 Å². The molecule has 0 aliphatic heterocycles. The molecule has 3 aromatic rings. The van der Waals surface area contributed by atoms with Gasteiger partial charge in [0.15, 0.2) is 11.5 Å². The Morgan fingerprint density at radius 1 is 1.07 bits per heavy atom. The van der Waals surface area contributed by atoms with E-state index in [0.29, 0.717) is 40.1 Å². The minimum Gasteiger partial charge on any atom is -0.496 e. The molecule has 0 spiro atoms. The normalized spacial score (nSPS) is 10.6. The van der Waals surface area contributed by atoms with Crippen molar-refractivity contribution in [2.24, 2.45) is 0 Å². The van der Waals surface area contributed by atoms with Crippen LogP contribution in [-0.4, -0.2) is 25.1 Å². The third kappa shape index (κ3) is 5.75. The molecule has 0 aliphatic rings. The molecule has 1 aromatic heterocycles. The monoisotopic (exact) mass is 424 g/mol. The first-order valence-corrected chi connectivity index (χ1v) is 9.49. The Hall–Kier alpha value is -3.51. The van der Waals surface area contributed by atoms with Gasteiger partial charge in [-0.3, -0.25) is 9.78 Å². The van der Waals surface area contributed by atoms with Crippen molar-refractivity contribution < 1.29 is 19.0 Å². The van der Waals surface area contributed by atoms with E-state index in [1.54, 1.807) is 69.1 Å². The summed E-state index contributed by atoms with van der Waals surface area (Å²) < 4.78 is 16.5. The van der Waals surface area contributed by atoms with Crippen molar-refractivity contribution in [3.8, 4) is 17.2 Å². The molecular weight excluding hydrogens is 404 g/mol. The summed E-state index contributed by atoms with van der Waals surface area (Å²) in [5.41, 5.74) is 2.20. The van der Waals surface area contributed by atoms with Crippen molar-refractivity contribution in [3.63, 3.8) is 0 Å². The Morgan fingerprint density at radius 3 is 2.60 bits per heavy atom. The molecule has 154 valence electrons. The molecule has 0 atom stereocenters. The minimum atomic E-state index is -0.305. The Labute approximate surface area is 180 Å². The van der Waals surface area contributed by atoms with Crippen molar-refractivity contribution >= 4 is 29.3 Å². The third-order valence-electron chi connectivity index (χ3n) is 4.15. The maximum atomic E-state index is 12.4. The lowest BCUT2D eigenvalue weighted by Gasteiger charge is -2.12. The summed E-state index contributed by atoms with van der Waals surface area (Å²) in [6.45, 7) is 0.329. The second kappa shape index (κ2) is 10.3. The van der Waals surface area contributed by atoms with E-state index in [0.717, 1.165) is 5.56 Å². The van der Waals surface area contributed by atoms with Crippen LogP contribution in [0.15, 0.2) is 67.0 Å². The van der Waals surface area contributed by atoms with Crippen molar-refractivity contribution in [1.82, 2.24) is 4.98 Å². The molecule has 0 fully saturated rings. The highest BCUT2D eigenvalue weighted by Gasteiger charge is 2.08. The van der Waals surface area contributed by atoms with Crippen LogP contribution in [0.5, 0.6) is 17.2 Å². The van der Waals surface area contributed by atoms with E-state index in [9.17, 15) is 4.79 Å². The maximum absolute atomic E-state index is 12.4. The average molecular weight is 425 g/mol. The number of benzene rings is 2. The Morgan fingerprint density at radius 2 is 1.87 bits per heavy atom. The van der Waals surface area contributed by atoms with Gasteiger partial charge in [0.2, 0.25) is 5.91 Å². The fourth-order valence-electron chi connectivity index (χ4n) is 2.70. The summed E-state index contributed by atoms with van der Waals surface area (Å²) in [5.74, 6) is 1.40. The van der Waals surface area contributed by atoms with Crippen LogP contribution in [0.25, 0.3) is 6.08 Å². The highest BCUT2D eigenvalue weighted by molar-refractivity contribution is 6.30. The summed E-state index contributed by atoms with van der Waals surface area (Å²) in [7, 11) is 3.12. The van der Waals surface area contributed by atoms with Gasteiger partial charge >= 0.3 is 0 Å². The SMILES string of the molecule is COc1ccc(Cl)cc1C=CC(=O)Nc1ccc(OC)c(OCc2cccnc2)c1. The number of pyridine rings is 1. The van der Waals surface area contributed by atoms with E-state index in [1.807, 2.05) is 12.1 Å². The number of hydrogen-bond acceptors (Lipinski definition) is 5. The van der Waals surface area contributed by atoms with Gasteiger partial charge in [-0.1, -0.05) is 17.7 Å². The zero-order valence-electron chi connectivity index (χ0n) is 16.6. The lowest BCUT2D eigenvalue weighted by atomic mass is 10.2. The molecule has 7 heteroatoms. The van der Waals surface area contributed by atoms with Gasteiger partial charge in [0.05, 0.1) is 14.2 Å². The lowest BCUT2D eigenvalue weighted by Crippen LogP contribution is -2.08. The molecule has 6 nitrogen and oxygen atoms in total. The lowest BCUT2D eigenvalue weighted by molar-refractivity contribution is -0.111. The number of nitrogens with zero attached hydrogens (tertiary/aromatic N) is 1. The molecule has 0 aliphatic carbocycles. The molecule has 0 saturated heterocycles. The first-order valence-electron chi connectivity index (χ1n) is 9.11. The Kier molecular flexibility index (Phi) is 7.29. The molecule has 1 heterocycles. The van der Waals surface area contributed by atoms with Gasteiger partial charge < -0.3 is 19.5 Å². The summed E-state index contributed by atoms with van der Waals surface area (Å²) in [6.07, 6.45) is 6.48. The predicted octanol–water partition coefficient (Wildman–Crippen LogP) is 4.98. The number of carbonyl (C=O) groups is 1. The van der Waals surface area contributed by atoms with Gasteiger partial charge in [0.1, 0.15) is 12.4 Å². The quantitative estimate of drug-likeness (QED) is 0.516. The molecule has 30 heavy (non-hydrogen) atoms. The number of halogens is 1. The fourth-order valence-corrected chi connectivity index (χ4v) is 2.88. The summed E-state index contributed by atoms with van der Waals surface area (Å²) in [5, 5.41) is 3.36. The van der Waals surface area contributed by atoms with Gasteiger partial charge in [-0.15, -0.1) is 0 Å². The summed E-state index contributed by atoms with van der Waals surface area (Å²) >= 11 is 6.02. The second-order valence-corrected chi connectivity index (χ2v) is 6.66. The number of amides is 1. The zero-order chi connectivity index (χ0) is 21.3. The Bertz CT molecular complexity index is 1040. The largest absolute Gasteiger partial charge is 0.496 e. The number of anilines is 1. The van der Waals surface area contributed by atoms with Crippen LogP contribution in [0.2, 0.25) is 5.02 Å². The molecule has 1 amide bonds. The van der Waals surface area contributed by atoms with Crippen LogP contribution < -0.4 is 19.5 Å². The maximum Gasteiger partial charge on any atom is 0.248 e. The molecule has 2 aromatic carbocycles. The molecule has 0 unspecified atom stereocenters. The van der Waals surface area contributed by atoms with Gasteiger partial charge in [-0.05, 0) is 42.5 Å². The number of rotatable bonds is 8. The van der Waals surface area contributed by atoms with Crippen LogP contribution in [0.4, 0.5) is 5.69 Å². The molecule has 0 radical (unpaired) electrons. The van der Waals surface area contributed by atoms with Crippen molar-refractivity contribution in [2.45, 2.75) is 6.61 Å². The number of nitrogens with one attached hydrogen (secondary N) is 1. The topological polar surface area (TPSA) is 69.7 Å². The van der Waals surface area contributed by atoms with E-state index in [2.05, 4.69) is 10.3 Å². The molecule has 1 N–H and O–H groups in total. The number of methoxy groups -OCH3 is 2. The fraction of sp³-hybridized carbons (Fsp3) is 0.130. The van der Waals surface area contributed by atoms with Crippen molar-refractivity contribution in [1.29, 1.82) is 0 Å². The number of carbonyl (C=O) groups excluding carboxylic acids is 1. The van der Waals surface area contributed by atoms with E-state index in [1.165, 1.54) is 6.08 Å². The third-order valence-corrected chi connectivity index (χ3v) is 4.39. The highest BCUT2D eigenvalue weighted by atomic mass is 35.5. The van der Waals surface area contributed by atoms with Crippen LogP contribution in [0.3, 0.4) is 0 Å². The van der Waals surface area contributed by atoms with Crippen molar-refractivity contribution in [2.75, 3.05) is 19.5 Å². The van der Waals surface area contributed by atoms with E-state index in [4.69, 9.17) is 25.8 Å². The molecule has 3 rings (SSSR count). The number of ether oxygens (including phenoxy) is 3. The van der Waals surface area contributed by atoms with Crippen molar-refractivity contribution in [3.05, 3.63) is 83.2 Å². The van der Waals surface area contributed by atoms with Gasteiger partial charge in [0.25, 0.3) is 0 Å². The average Bonchev–Trinajstić information content (AvgIpc) is 2.77. The van der Waals surface area contributed by atoms with Crippen LogP contribution in [0, 0.1) is 0 Å². The molecular formula is C23H21ClN2O4. The van der Waals surface area contributed by atoms with Gasteiger partial charge in [-0.25, -0.2) is 0 Å². The number of aromatic nitrogens is 1. The summed E-state index contributed by atoms with van der Waals surface area (Å²) in [4.78, 5) is 16.4. The standard InChI is InChI=1S/C23H21ClN2O4/c1-28-20-8-6-18(24)12-17(20)5-10-23(27)26-19-7-9-21(29-2)22(13-19)30-15-16-4-3-11-25-14-16/h3-14H,15H2,1-2H3,(H,26,27). The van der Waals surface area contributed by atoms with E-state index in [-0.39, 0.29) is 5.91 Å². The van der Waals surface area contributed by atoms with E-state index >= 15 is 0 Å². The molecule has 0 saturated carbocycles. The first-order chi connectivity index (χ1) is 14.6. The minimum absolute atomic E-state index is 0.305. The van der Waals surface area contributed by atoms with Gasteiger partial charge in [-0.2, -0.15) is 0 Å². The summed E-state index contributed by atoms with van der Waals surface area (Å²) in [6, 6.07) is 14.1. The number of hydrogen-bond donors (Lipinski definition) is 1. The van der Waals surface area contributed by atoms with E-state index < -0.39 is 0 Å². The smallest absolute Gasteiger partial charge is 0.248 e. The Balaban J connectivity index is 1.70. The van der Waals surface area contributed by atoms with Gasteiger partial charge in [0, 0.05) is 46.4 Å². The van der Waals surface area contributed by atoms with Crippen LogP contribution >= 0.6 is 11.6 Å². The zero-order valence-corrected chi connectivity index (χ0v) is 17.3. The second-order valence-electron chi connectivity index (χ2n) is 6.22.